The quantitative estimate of drug-likeness (QED) is 0.531. The molecule has 1 amide bonds. The van der Waals surface area contributed by atoms with Gasteiger partial charge in [-0.15, -0.1) is 0 Å². The van der Waals surface area contributed by atoms with Crippen LogP contribution in [0.3, 0.4) is 0 Å². The molecule has 3 heterocycles. The normalized spacial score (nSPS) is 17.2. The van der Waals surface area contributed by atoms with Crippen molar-refractivity contribution in [3.63, 3.8) is 0 Å². The number of hydrogen-bond donors (Lipinski definition) is 3. The van der Waals surface area contributed by atoms with Gasteiger partial charge in [-0.1, -0.05) is 6.92 Å². The molecule has 2 aromatic heterocycles. The summed E-state index contributed by atoms with van der Waals surface area (Å²) in [5.41, 5.74) is 1.34. The summed E-state index contributed by atoms with van der Waals surface area (Å²) >= 11 is 0. The summed E-state index contributed by atoms with van der Waals surface area (Å²) in [6, 6.07) is 4.99. The number of pyridine rings is 2. The highest BCUT2D eigenvalue weighted by Gasteiger charge is 2.25. The molecular formula is C20H28FN7O3S. The summed E-state index contributed by atoms with van der Waals surface area (Å²) in [6.07, 6.45) is 3.09. The van der Waals surface area contributed by atoms with Crippen molar-refractivity contribution in [2.24, 2.45) is 0 Å². The van der Waals surface area contributed by atoms with Crippen LogP contribution in [0.4, 0.5) is 15.9 Å². The molecule has 1 fully saturated rings. The van der Waals surface area contributed by atoms with Crippen LogP contribution >= 0.6 is 0 Å². The lowest BCUT2D eigenvalue weighted by molar-refractivity contribution is 0.0953. The van der Waals surface area contributed by atoms with E-state index in [-0.39, 0.29) is 24.1 Å². The van der Waals surface area contributed by atoms with Crippen molar-refractivity contribution >= 4 is 27.6 Å². The number of carbonyl (C=O) groups excluding carboxylic acids is 1. The molecule has 0 bridgehead atoms. The molecule has 32 heavy (non-hydrogen) atoms. The molecule has 1 atom stereocenters. The Balaban J connectivity index is 1.63. The van der Waals surface area contributed by atoms with Crippen molar-refractivity contribution < 1.29 is 17.6 Å². The van der Waals surface area contributed by atoms with Crippen molar-refractivity contribution in [2.45, 2.75) is 26.4 Å². The fourth-order valence-corrected chi connectivity index (χ4v) is 4.52. The minimum Gasteiger partial charge on any atom is -0.365 e. The highest BCUT2D eigenvalue weighted by atomic mass is 32.2. The number of halogens is 1. The Labute approximate surface area is 187 Å². The number of nitrogens with zero attached hydrogens (tertiary/aromatic N) is 4. The first kappa shape index (κ1) is 23.8. The summed E-state index contributed by atoms with van der Waals surface area (Å²) in [6.45, 7) is 6.75. The number of nitrogens with one attached hydrogen (secondary N) is 3. The molecule has 12 heteroatoms. The Bertz CT molecular complexity index is 1070. The Morgan fingerprint density at radius 2 is 2.06 bits per heavy atom. The van der Waals surface area contributed by atoms with Crippen LogP contribution in [0, 0.1) is 5.82 Å². The van der Waals surface area contributed by atoms with Crippen LogP contribution in [-0.4, -0.2) is 68.5 Å². The van der Waals surface area contributed by atoms with Gasteiger partial charge >= 0.3 is 0 Å². The standard InChI is InChI=1S/C20H28FN7O3S/c1-4-25-32(30,31)26-18-9-15(5-6-23-18)13-27-7-8-28(14(2)12-27)16-10-17(21)19(24-11-16)20(29)22-3/h5-6,9-11,14,25H,4,7-8,12-13H2,1-3H3,(H,22,29)(H,23,26). The van der Waals surface area contributed by atoms with E-state index in [9.17, 15) is 17.6 Å². The molecule has 0 aromatic carbocycles. The topological polar surface area (TPSA) is 120 Å². The summed E-state index contributed by atoms with van der Waals surface area (Å²) in [5, 5.41) is 2.37. The van der Waals surface area contributed by atoms with Crippen molar-refractivity contribution in [2.75, 3.05) is 42.8 Å². The number of anilines is 2. The van der Waals surface area contributed by atoms with Crippen LogP contribution in [0.1, 0.15) is 29.9 Å². The van der Waals surface area contributed by atoms with E-state index in [1.54, 1.807) is 19.2 Å². The van der Waals surface area contributed by atoms with Crippen molar-refractivity contribution in [3.05, 3.63) is 47.7 Å². The first-order chi connectivity index (χ1) is 15.2. The maximum atomic E-state index is 14.3. The Morgan fingerprint density at radius 3 is 2.72 bits per heavy atom. The number of piperazine rings is 1. The van der Waals surface area contributed by atoms with Gasteiger partial charge in [-0.05, 0) is 24.6 Å². The average molecular weight is 466 g/mol. The van der Waals surface area contributed by atoms with Gasteiger partial charge in [-0.2, -0.15) is 13.1 Å². The smallest absolute Gasteiger partial charge is 0.300 e. The van der Waals surface area contributed by atoms with Crippen LogP contribution < -0.4 is 19.7 Å². The summed E-state index contributed by atoms with van der Waals surface area (Å²) in [4.78, 5) is 24.0. The summed E-state index contributed by atoms with van der Waals surface area (Å²) < 4.78 is 42.9. The Hall–Kier alpha value is -2.83. The van der Waals surface area contributed by atoms with Gasteiger partial charge in [-0.3, -0.25) is 14.4 Å². The second kappa shape index (κ2) is 10.2. The predicted molar refractivity (Wildman–Crippen MR) is 120 cm³/mol. The maximum Gasteiger partial charge on any atom is 0.300 e. The first-order valence-corrected chi connectivity index (χ1v) is 11.8. The second-order valence-electron chi connectivity index (χ2n) is 7.53. The highest BCUT2D eigenvalue weighted by Crippen LogP contribution is 2.23. The second-order valence-corrected chi connectivity index (χ2v) is 9.03. The van der Waals surface area contributed by atoms with E-state index in [0.29, 0.717) is 18.8 Å². The zero-order chi connectivity index (χ0) is 23.3. The van der Waals surface area contributed by atoms with Crippen LogP contribution in [0.15, 0.2) is 30.6 Å². The number of rotatable bonds is 8. The predicted octanol–water partition coefficient (Wildman–Crippen LogP) is 0.952. The minimum absolute atomic E-state index is 0.0874. The third-order valence-electron chi connectivity index (χ3n) is 5.12. The maximum absolute atomic E-state index is 14.3. The number of aromatic nitrogens is 2. The van der Waals surface area contributed by atoms with Gasteiger partial charge in [0.1, 0.15) is 5.82 Å². The molecule has 3 rings (SSSR count). The first-order valence-electron chi connectivity index (χ1n) is 10.3. The van der Waals surface area contributed by atoms with E-state index in [4.69, 9.17) is 0 Å². The Kier molecular flexibility index (Phi) is 7.59. The van der Waals surface area contributed by atoms with Crippen LogP contribution in [0.5, 0.6) is 0 Å². The van der Waals surface area contributed by atoms with E-state index in [1.165, 1.54) is 19.3 Å². The fourth-order valence-electron chi connectivity index (χ4n) is 3.68. The molecule has 0 radical (unpaired) electrons. The zero-order valence-electron chi connectivity index (χ0n) is 18.3. The fraction of sp³-hybridized carbons (Fsp3) is 0.450. The lowest BCUT2D eigenvalue weighted by atomic mass is 10.1. The molecule has 0 aliphatic carbocycles. The molecule has 0 saturated carbocycles. The van der Waals surface area contributed by atoms with Crippen molar-refractivity contribution in [3.8, 4) is 0 Å². The summed E-state index contributed by atoms with van der Waals surface area (Å²) in [5.74, 6) is -0.954. The molecular weight excluding hydrogens is 437 g/mol. The van der Waals surface area contributed by atoms with Gasteiger partial charge in [0.25, 0.3) is 16.1 Å². The highest BCUT2D eigenvalue weighted by molar-refractivity contribution is 7.90. The molecule has 1 unspecified atom stereocenters. The van der Waals surface area contributed by atoms with E-state index in [1.807, 2.05) is 13.0 Å². The molecule has 10 nitrogen and oxygen atoms in total. The monoisotopic (exact) mass is 465 g/mol. The van der Waals surface area contributed by atoms with Gasteiger partial charge in [0, 0.05) is 58.1 Å². The van der Waals surface area contributed by atoms with E-state index >= 15 is 0 Å². The third-order valence-corrected chi connectivity index (χ3v) is 6.26. The third kappa shape index (κ3) is 5.90. The lowest BCUT2D eigenvalue weighted by Crippen LogP contribution is -2.51. The van der Waals surface area contributed by atoms with Crippen molar-refractivity contribution in [1.82, 2.24) is 24.9 Å². The van der Waals surface area contributed by atoms with Crippen LogP contribution in [0.2, 0.25) is 0 Å². The Morgan fingerprint density at radius 1 is 1.28 bits per heavy atom. The van der Waals surface area contributed by atoms with Gasteiger partial charge in [0.15, 0.2) is 11.5 Å². The molecule has 1 saturated heterocycles. The lowest BCUT2D eigenvalue weighted by Gasteiger charge is -2.41. The number of amides is 1. The van der Waals surface area contributed by atoms with Crippen molar-refractivity contribution in [1.29, 1.82) is 0 Å². The number of hydrogen-bond acceptors (Lipinski definition) is 7. The minimum atomic E-state index is -3.64. The largest absolute Gasteiger partial charge is 0.365 e. The average Bonchev–Trinajstić information content (AvgIpc) is 2.73. The molecule has 0 spiro atoms. The molecule has 174 valence electrons. The zero-order valence-corrected chi connectivity index (χ0v) is 19.1. The molecule has 1 aliphatic rings. The van der Waals surface area contributed by atoms with Gasteiger partial charge in [0.05, 0.1) is 11.9 Å². The van der Waals surface area contributed by atoms with Crippen LogP contribution in [0.25, 0.3) is 0 Å². The SMILES string of the molecule is CCNS(=O)(=O)Nc1cc(CN2CCN(c3cnc(C(=O)NC)c(F)c3)C(C)C2)ccn1. The van der Waals surface area contributed by atoms with E-state index in [2.05, 4.69) is 34.5 Å². The van der Waals surface area contributed by atoms with Gasteiger partial charge in [-0.25, -0.2) is 14.4 Å². The van der Waals surface area contributed by atoms with Crippen LogP contribution in [-0.2, 0) is 16.8 Å². The van der Waals surface area contributed by atoms with E-state index in [0.717, 1.165) is 18.7 Å². The molecule has 1 aliphatic heterocycles. The molecule has 3 N–H and O–H groups in total. The molecule has 2 aromatic rings. The van der Waals surface area contributed by atoms with Gasteiger partial charge < -0.3 is 10.2 Å². The van der Waals surface area contributed by atoms with Gasteiger partial charge in [0.2, 0.25) is 0 Å². The number of carbonyl (C=O) groups is 1. The van der Waals surface area contributed by atoms with E-state index < -0.39 is 21.9 Å². The summed E-state index contributed by atoms with van der Waals surface area (Å²) in [7, 11) is -2.21.